The number of benzene rings is 1. The molecule has 0 aliphatic heterocycles. The lowest BCUT2D eigenvalue weighted by Gasteiger charge is -2.23. The van der Waals surface area contributed by atoms with Crippen molar-refractivity contribution in [1.29, 1.82) is 0 Å². The van der Waals surface area contributed by atoms with Crippen molar-refractivity contribution < 1.29 is 23.9 Å². The maximum absolute atomic E-state index is 12.2. The van der Waals surface area contributed by atoms with Gasteiger partial charge in [-0.25, -0.2) is 9.59 Å². The number of carbonyl (C=O) groups is 3. The van der Waals surface area contributed by atoms with E-state index in [4.69, 9.17) is 4.74 Å². The molecule has 0 heterocycles. The summed E-state index contributed by atoms with van der Waals surface area (Å²) in [5.74, 6) is -1.67. The summed E-state index contributed by atoms with van der Waals surface area (Å²) in [5.41, 5.74) is -0.127. The number of ether oxygens (including phenoxy) is 2. The minimum Gasteiger partial charge on any atom is -0.466 e. The maximum Gasteiger partial charge on any atom is 0.351 e. The predicted octanol–water partition coefficient (Wildman–Crippen LogP) is 1.99. The van der Waals surface area contributed by atoms with Gasteiger partial charge >= 0.3 is 11.9 Å². The van der Waals surface area contributed by atoms with Crippen LogP contribution >= 0.6 is 0 Å². The van der Waals surface area contributed by atoms with Crippen LogP contribution in [0.3, 0.4) is 0 Å². The Labute approximate surface area is 136 Å². The van der Waals surface area contributed by atoms with E-state index in [1.807, 2.05) is 0 Å². The lowest BCUT2D eigenvalue weighted by Crippen LogP contribution is -2.45. The van der Waals surface area contributed by atoms with Gasteiger partial charge in [-0.1, -0.05) is 51.1 Å². The molecule has 1 aromatic carbocycles. The van der Waals surface area contributed by atoms with Crippen LogP contribution in [-0.4, -0.2) is 31.0 Å². The highest BCUT2D eigenvalue weighted by Crippen LogP contribution is 2.20. The number of carbonyl (C=O) groups excluding carboxylic acids is 3. The number of hydrogen-bond acceptors (Lipinski definition) is 5. The fourth-order valence-corrected chi connectivity index (χ4v) is 1.68. The topological polar surface area (TPSA) is 81.7 Å². The van der Waals surface area contributed by atoms with Crippen LogP contribution in [0.5, 0.6) is 0 Å². The zero-order valence-electron chi connectivity index (χ0n) is 14.1. The molecule has 126 valence electrons. The SMILES string of the molecule is COC(=O)[C@@H](OC(=O)[C@@H](C)NC(=O)C(C)(C)C)c1ccccc1. The van der Waals surface area contributed by atoms with E-state index in [0.717, 1.165) is 0 Å². The van der Waals surface area contributed by atoms with E-state index in [-0.39, 0.29) is 5.91 Å². The van der Waals surface area contributed by atoms with Gasteiger partial charge in [-0.3, -0.25) is 4.79 Å². The smallest absolute Gasteiger partial charge is 0.351 e. The second kappa shape index (κ2) is 7.76. The van der Waals surface area contributed by atoms with Gasteiger partial charge < -0.3 is 14.8 Å². The van der Waals surface area contributed by atoms with E-state index < -0.39 is 29.5 Å². The zero-order valence-corrected chi connectivity index (χ0v) is 14.1. The summed E-state index contributed by atoms with van der Waals surface area (Å²) in [6.45, 7) is 6.72. The number of methoxy groups -OCH3 is 1. The molecule has 0 bridgehead atoms. The third kappa shape index (κ3) is 5.39. The van der Waals surface area contributed by atoms with Crippen LogP contribution in [0.4, 0.5) is 0 Å². The Kier molecular flexibility index (Phi) is 6.30. The van der Waals surface area contributed by atoms with Gasteiger partial charge in [0.15, 0.2) is 0 Å². The minimum absolute atomic E-state index is 0.281. The lowest BCUT2D eigenvalue weighted by atomic mass is 9.95. The molecule has 0 fully saturated rings. The van der Waals surface area contributed by atoms with Gasteiger partial charge in [0.25, 0.3) is 0 Å². The average Bonchev–Trinajstić information content (AvgIpc) is 2.51. The van der Waals surface area contributed by atoms with E-state index in [2.05, 4.69) is 10.1 Å². The summed E-state index contributed by atoms with van der Waals surface area (Å²) >= 11 is 0. The molecule has 23 heavy (non-hydrogen) atoms. The number of nitrogens with one attached hydrogen (secondary N) is 1. The predicted molar refractivity (Wildman–Crippen MR) is 84.4 cm³/mol. The molecular formula is C17H23NO5. The molecular weight excluding hydrogens is 298 g/mol. The quantitative estimate of drug-likeness (QED) is 0.839. The molecule has 1 amide bonds. The molecule has 0 radical (unpaired) electrons. The Hall–Kier alpha value is -2.37. The van der Waals surface area contributed by atoms with Crippen LogP contribution in [0, 0.1) is 5.41 Å². The molecule has 1 aromatic rings. The lowest BCUT2D eigenvalue weighted by molar-refractivity contribution is -0.168. The summed E-state index contributed by atoms with van der Waals surface area (Å²) in [7, 11) is 1.22. The van der Waals surface area contributed by atoms with E-state index in [9.17, 15) is 14.4 Å². The van der Waals surface area contributed by atoms with E-state index in [1.165, 1.54) is 14.0 Å². The number of amides is 1. The van der Waals surface area contributed by atoms with Crippen molar-refractivity contribution in [2.75, 3.05) is 7.11 Å². The number of rotatable bonds is 5. The van der Waals surface area contributed by atoms with Crippen molar-refractivity contribution >= 4 is 17.8 Å². The number of esters is 2. The van der Waals surface area contributed by atoms with Gasteiger partial charge in [0.1, 0.15) is 6.04 Å². The third-order valence-electron chi connectivity index (χ3n) is 3.13. The standard InChI is InChI=1S/C17H23NO5/c1-11(18-16(21)17(2,3)4)14(19)23-13(15(20)22-5)12-9-7-6-8-10-12/h6-11,13H,1-5H3,(H,18,21)/t11-,13+/m1/s1. The second-order valence-electron chi connectivity index (χ2n) is 6.20. The highest BCUT2D eigenvalue weighted by atomic mass is 16.6. The first-order chi connectivity index (χ1) is 10.7. The van der Waals surface area contributed by atoms with Crippen LogP contribution in [0.1, 0.15) is 39.4 Å². The monoisotopic (exact) mass is 321 g/mol. The van der Waals surface area contributed by atoms with Crippen LogP contribution < -0.4 is 5.32 Å². The maximum atomic E-state index is 12.2. The molecule has 0 aliphatic carbocycles. The third-order valence-corrected chi connectivity index (χ3v) is 3.13. The Bertz CT molecular complexity index is 562. The highest BCUT2D eigenvalue weighted by Gasteiger charge is 2.30. The molecule has 1 N–H and O–H groups in total. The molecule has 0 spiro atoms. The normalized spacial score (nSPS) is 13.6. The van der Waals surface area contributed by atoms with Crippen LogP contribution in [0.15, 0.2) is 30.3 Å². The molecule has 1 rings (SSSR count). The largest absolute Gasteiger partial charge is 0.466 e. The summed E-state index contributed by atoms with van der Waals surface area (Å²) in [6.07, 6.45) is -1.16. The molecule has 0 aromatic heterocycles. The summed E-state index contributed by atoms with van der Waals surface area (Å²) in [4.78, 5) is 35.9. The van der Waals surface area contributed by atoms with E-state index in [1.54, 1.807) is 51.1 Å². The van der Waals surface area contributed by atoms with Gasteiger partial charge in [-0.15, -0.1) is 0 Å². The van der Waals surface area contributed by atoms with Crippen molar-refractivity contribution in [3.05, 3.63) is 35.9 Å². The Morgan fingerprint density at radius 3 is 2.09 bits per heavy atom. The fraction of sp³-hybridized carbons (Fsp3) is 0.471. The first kappa shape index (κ1) is 18.7. The first-order valence-corrected chi connectivity index (χ1v) is 7.31. The Morgan fingerprint density at radius 1 is 1.04 bits per heavy atom. The fourth-order valence-electron chi connectivity index (χ4n) is 1.68. The average molecular weight is 321 g/mol. The van der Waals surface area contributed by atoms with Gasteiger partial charge in [0.05, 0.1) is 7.11 Å². The van der Waals surface area contributed by atoms with Gasteiger partial charge in [0.2, 0.25) is 12.0 Å². The van der Waals surface area contributed by atoms with Crippen molar-refractivity contribution in [2.24, 2.45) is 5.41 Å². The highest BCUT2D eigenvalue weighted by molar-refractivity contribution is 5.88. The van der Waals surface area contributed by atoms with Crippen molar-refractivity contribution in [2.45, 2.75) is 39.8 Å². The van der Waals surface area contributed by atoms with Crippen molar-refractivity contribution in [3.63, 3.8) is 0 Å². The molecule has 0 saturated heterocycles. The molecule has 0 saturated carbocycles. The zero-order chi connectivity index (χ0) is 17.6. The molecule has 0 aliphatic rings. The minimum atomic E-state index is -1.16. The Morgan fingerprint density at radius 2 is 1.61 bits per heavy atom. The van der Waals surface area contributed by atoms with E-state index >= 15 is 0 Å². The summed E-state index contributed by atoms with van der Waals surface area (Å²) in [6, 6.07) is 7.68. The molecule has 6 nitrogen and oxygen atoms in total. The second-order valence-corrected chi connectivity index (χ2v) is 6.20. The van der Waals surface area contributed by atoms with Gasteiger partial charge in [-0.2, -0.15) is 0 Å². The first-order valence-electron chi connectivity index (χ1n) is 7.31. The molecule has 2 atom stereocenters. The van der Waals surface area contributed by atoms with Crippen LogP contribution in [0.25, 0.3) is 0 Å². The van der Waals surface area contributed by atoms with Crippen LogP contribution in [0.2, 0.25) is 0 Å². The molecule has 6 heteroatoms. The van der Waals surface area contributed by atoms with Crippen molar-refractivity contribution in [3.8, 4) is 0 Å². The molecule has 0 unspecified atom stereocenters. The van der Waals surface area contributed by atoms with E-state index in [0.29, 0.717) is 5.56 Å². The van der Waals surface area contributed by atoms with Crippen molar-refractivity contribution in [1.82, 2.24) is 5.32 Å². The Balaban J connectivity index is 2.82. The van der Waals surface area contributed by atoms with Gasteiger partial charge in [0, 0.05) is 11.0 Å². The summed E-state index contributed by atoms with van der Waals surface area (Å²) < 4.78 is 9.92. The van der Waals surface area contributed by atoms with Gasteiger partial charge in [-0.05, 0) is 6.92 Å². The summed E-state index contributed by atoms with van der Waals surface area (Å²) in [5, 5.41) is 2.57. The van der Waals surface area contributed by atoms with Crippen LogP contribution in [-0.2, 0) is 23.9 Å². The number of hydrogen-bond donors (Lipinski definition) is 1.